The molecular weight excluding hydrogens is 575 g/mol. The molecule has 0 amide bonds. The molecule has 0 spiro atoms. The van der Waals surface area contributed by atoms with E-state index in [2.05, 4.69) is 87.3 Å². The smallest absolute Gasteiger partial charge is 0.338 e. The first-order valence-electron chi connectivity index (χ1n) is 14.8. The van der Waals surface area contributed by atoms with Crippen molar-refractivity contribution in [3.05, 3.63) is 114 Å². The summed E-state index contributed by atoms with van der Waals surface area (Å²) in [5.74, 6) is -0.0483. The molecule has 0 saturated carbocycles. The van der Waals surface area contributed by atoms with Crippen LogP contribution in [0.1, 0.15) is 69.2 Å². The molecule has 43 heavy (non-hydrogen) atoms. The molecule has 1 aromatic heterocycles. The maximum atomic E-state index is 14.2. The highest BCUT2D eigenvalue weighted by Crippen LogP contribution is 2.47. The van der Waals surface area contributed by atoms with Crippen LogP contribution in [0, 0.1) is 0 Å². The van der Waals surface area contributed by atoms with Crippen LogP contribution in [-0.4, -0.2) is 24.2 Å². The van der Waals surface area contributed by atoms with Gasteiger partial charge in [0.05, 0.1) is 39.8 Å². The van der Waals surface area contributed by atoms with Crippen molar-refractivity contribution in [2.24, 2.45) is 4.99 Å². The first-order chi connectivity index (χ1) is 20.8. The van der Waals surface area contributed by atoms with Crippen molar-refractivity contribution in [2.45, 2.75) is 62.3 Å². The number of hydrogen-bond acceptors (Lipinski definition) is 7. The third kappa shape index (κ3) is 5.38. The lowest BCUT2D eigenvalue weighted by atomic mass is 9.92. The molecule has 0 unspecified atom stereocenters. The van der Waals surface area contributed by atoms with Gasteiger partial charge >= 0.3 is 5.97 Å². The Morgan fingerprint density at radius 3 is 2.49 bits per heavy atom. The number of fused-ring (bicyclic) bond motifs is 3. The summed E-state index contributed by atoms with van der Waals surface area (Å²) in [5.41, 5.74) is 6.32. The highest BCUT2D eigenvalue weighted by Gasteiger charge is 2.34. The van der Waals surface area contributed by atoms with Crippen LogP contribution in [0.25, 0.3) is 6.08 Å². The van der Waals surface area contributed by atoms with Crippen LogP contribution < -0.4 is 19.8 Å². The van der Waals surface area contributed by atoms with Crippen molar-refractivity contribution in [3.63, 3.8) is 0 Å². The zero-order valence-electron chi connectivity index (χ0n) is 25.1. The maximum Gasteiger partial charge on any atom is 0.338 e. The van der Waals surface area contributed by atoms with Gasteiger partial charge in [-0.1, -0.05) is 92.8 Å². The van der Waals surface area contributed by atoms with Crippen LogP contribution in [0.5, 0.6) is 0 Å². The number of aromatic nitrogens is 1. The quantitative estimate of drug-likeness (QED) is 0.213. The first kappa shape index (κ1) is 29.2. The fraction of sp³-hybridized carbons (Fsp3) is 0.286. The van der Waals surface area contributed by atoms with Crippen molar-refractivity contribution in [3.8, 4) is 0 Å². The molecule has 0 saturated heterocycles. The van der Waals surface area contributed by atoms with Crippen LogP contribution >= 0.6 is 23.1 Å². The Hall–Kier alpha value is -3.88. The average Bonchev–Trinajstić information content (AvgIpc) is 3.30. The molecule has 0 N–H and O–H groups in total. The van der Waals surface area contributed by atoms with Gasteiger partial charge in [-0.05, 0) is 66.3 Å². The largest absolute Gasteiger partial charge is 0.463 e. The van der Waals surface area contributed by atoms with Gasteiger partial charge in [0, 0.05) is 16.8 Å². The number of carbonyl (C=O) groups excluding carboxylic acids is 1. The number of hydrogen-bond donors (Lipinski definition) is 0. The molecule has 8 heteroatoms. The molecule has 0 bridgehead atoms. The van der Waals surface area contributed by atoms with Crippen LogP contribution in [0.4, 0.5) is 11.4 Å². The minimum absolute atomic E-state index is 0.160. The molecule has 4 aromatic rings. The SMILES string of the molecule is CCCC1=C(C(=O)OCC)[C@@H](c2ccc(C(C)C)cc2)n2c(s/c(=C/c3ccc4c(c3)Sc3ccccc3N4C)c2=O)=N1. The van der Waals surface area contributed by atoms with E-state index < -0.39 is 12.0 Å². The van der Waals surface area contributed by atoms with E-state index in [1.54, 1.807) is 23.3 Å². The fourth-order valence-electron chi connectivity index (χ4n) is 5.70. The number of anilines is 2. The Morgan fingerprint density at radius 1 is 1.02 bits per heavy atom. The maximum absolute atomic E-state index is 14.2. The first-order valence-corrected chi connectivity index (χ1v) is 16.4. The molecule has 0 radical (unpaired) electrons. The van der Waals surface area contributed by atoms with Gasteiger partial charge in [0.15, 0.2) is 4.80 Å². The molecule has 6 rings (SSSR count). The van der Waals surface area contributed by atoms with Crippen molar-refractivity contribution in [1.82, 2.24) is 4.57 Å². The predicted octanol–water partition coefficient (Wildman–Crippen LogP) is 6.93. The summed E-state index contributed by atoms with van der Waals surface area (Å²) in [6, 6.07) is 22.3. The summed E-state index contributed by atoms with van der Waals surface area (Å²) in [6.45, 7) is 8.42. The monoisotopic (exact) mass is 609 g/mol. The van der Waals surface area contributed by atoms with E-state index in [1.165, 1.54) is 27.5 Å². The summed E-state index contributed by atoms with van der Waals surface area (Å²) in [6.07, 6.45) is 3.38. The number of ether oxygens (including phenoxy) is 1. The second kappa shape index (κ2) is 12.0. The molecule has 2 aliphatic rings. The van der Waals surface area contributed by atoms with E-state index >= 15 is 0 Å². The predicted molar refractivity (Wildman–Crippen MR) is 175 cm³/mol. The number of nitrogens with zero attached hydrogens (tertiary/aromatic N) is 3. The van der Waals surface area contributed by atoms with Gasteiger partial charge in [-0.2, -0.15) is 0 Å². The molecule has 1 atom stereocenters. The lowest BCUT2D eigenvalue weighted by Gasteiger charge is -2.29. The molecular formula is C35H35N3O3S2. The number of esters is 1. The molecule has 0 fully saturated rings. The fourth-order valence-corrected chi connectivity index (χ4v) is 7.92. The van der Waals surface area contributed by atoms with Gasteiger partial charge in [0.2, 0.25) is 0 Å². The van der Waals surface area contributed by atoms with E-state index in [9.17, 15) is 9.59 Å². The van der Waals surface area contributed by atoms with E-state index in [1.807, 2.05) is 18.2 Å². The summed E-state index contributed by atoms with van der Waals surface area (Å²) in [5, 5.41) is 0. The average molecular weight is 610 g/mol. The number of allylic oxidation sites excluding steroid dienone is 1. The van der Waals surface area contributed by atoms with E-state index in [-0.39, 0.29) is 12.2 Å². The van der Waals surface area contributed by atoms with Gasteiger partial charge in [-0.25, -0.2) is 9.79 Å². The molecule has 0 aliphatic carbocycles. The van der Waals surface area contributed by atoms with Gasteiger partial charge in [0.25, 0.3) is 5.56 Å². The van der Waals surface area contributed by atoms with Crippen LogP contribution in [0.3, 0.4) is 0 Å². The number of benzene rings is 3. The van der Waals surface area contributed by atoms with Gasteiger partial charge in [-0.3, -0.25) is 9.36 Å². The summed E-state index contributed by atoms with van der Waals surface area (Å²) in [7, 11) is 2.08. The number of rotatable bonds is 7. The van der Waals surface area contributed by atoms with Gasteiger partial charge in [0.1, 0.15) is 0 Å². The van der Waals surface area contributed by atoms with E-state index in [0.717, 1.165) is 28.1 Å². The van der Waals surface area contributed by atoms with Gasteiger partial charge < -0.3 is 9.64 Å². The second-order valence-corrected chi connectivity index (χ2v) is 13.2. The van der Waals surface area contributed by atoms with Crippen molar-refractivity contribution in [2.75, 3.05) is 18.6 Å². The molecule has 3 heterocycles. The zero-order chi connectivity index (χ0) is 30.2. The van der Waals surface area contributed by atoms with Crippen LogP contribution in [-0.2, 0) is 9.53 Å². The Labute approximate surface area is 260 Å². The third-order valence-electron chi connectivity index (χ3n) is 7.90. The van der Waals surface area contributed by atoms with E-state index in [0.29, 0.717) is 32.9 Å². The molecule has 220 valence electrons. The van der Waals surface area contributed by atoms with Gasteiger partial charge in [-0.15, -0.1) is 0 Å². The topological polar surface area (TPSA) is 63.9 Å². The zero-order valence-corrected chi connectivity index (χ0v) is 26.7. The highest BCUT2D eigenvalue weighted by atomic mass is 32.2. The standard InChI is InChI=1S/C35H35N3O3S2/c1-6-10-25-31(34(40)41-7-2)32(24-16-14-23(15-17-24)21(3)4)38-33(39)30(43-35(38)36-25)20-22-13-18-27-29(19-22)42-28-12-9-8-11-26(28)37(27)5/h8-9,11-21,32H,6-7,10H2,1-5H3/b30-20+/t32-/m1/s1. The minimum Gasteiger partial charge on any atom is -0.463 e. The van der Waals surface area contributed by atoms with Crippen LogP contribution in [0.2, 0.25) is 0 Å². The normalized spacial score (nSPS) is 16.1. The Bertz CT molecular complexity index is 1920. The molecule has 2 aliphatic heterocycles. The Balaban J connectivity index is 1.49. The van der Waals surface area contributed by atoms with Crippen molar-refractivity contribution < 1.29 is 9.53 Å². The van der Waals surface area contributed by atoms with Crippen molar-refractivity contribution in [1.29, 1.82) is 0 Å². The van der Waals surface area contributed by atoms with Crippen molar-refractivity contribution >= 4 is 46.5 Å². The van der Waals surface area contributed by atoms with Crippen LogP contribution in [0.15, 0.2) is 97.6 Å². The summed E-state index contributed by atoms with van der Waals surface area (Å²) < 4.78 is 7.80. The lowest BCUT2D eigenvalue weighted by molar-refractivity contribution is -0.139. The number of para-hydroxylation sites is 1. The summed E-state index contributed by atoms with van der Waals surface area (Å²) in [4.78, 5) is 37.7. The summed E-state index contributed by atoms with van der Waals surface area (Å²) >= 11 is 3.11. The second-order valence-electron chi connectivity index (χ2n) is 11.1. The van der Waals surface area contributed by atoms with E-state index in [4.69, 9.17) is 9.73 Å². The molecule has 3 aromatic carbocycles. The highest BCUT2D eigenvalue weighted by molar-refractivity contribution is 7.99. The number of carbonyl (C=O) groups is 1. The Morgan fingerprint density at radius 2 is 1.77 bits per heavy atom. The Kier molecular flexibility index (Phi) is 8.16. The lowest BCUT2D eigenvalue weighted by Crippen LogP contribution is -2.40. The molecule has 6 nitrogen and oxygen atoms in total. The number of thiazole rings is 1. The minimum atomic E-state index is -0.607. The third-order valence-corrected chi connectivity index (χ3v) is 10.00.